The Morgan fingerprint density at radius 2 is 1.80 bits per heavy atom. The van der Waals surface area contributed by atoms with E-state index in [1.165, 1.54) is 0 Å². The molecule has 2 rings (SSSR count). The van der Waals surface area contributed by atoms with Crippen LogP contribution in [-0.2, 0) is 14.3 Å². The lowest BCUT2D eigenvalue weighted by Crippen LogP contribution is -2.43. The van der Waals surface area contributed by atoms with E-state index in [2.05, 4.69) is 20.9 Å². The highest BCUT2D eigenvalue weighted by Crippen LogP contribution is 2.17. The number of carbonyl (C=O) groups excluding carboxylic acids is 3. The summed E-state index contributed by atoms with van der Waals surface area (Å²) in [4.78, 5) is 38.2. The molecule has 1 saturated heterocycles. The van der Waals surface area contributed by atoms with E-state index < -0.39 is 0 Å². The Bertz CT molecular complexity index is 698. The van der Waals surface area contributed by atoms with Crippen LogP contribution >= 0.6 is 0 Å². The third kappa shape index (κ3) is 8.12. The van der Waals surface area contributed by atoms with E-state index in [0.29, 0.717) is 24.4 Å². The van der Waals surface area contributed by atoms with Crippen molar-refractivity contribution in [1.29, 1.82) is 0 Å². The quantitative estimate of drug-likeness (QED) is 0.502. The second-order valence-corrected chi connectivity index (χ2v) is 7.82. The van der Waals surface area contributed by atoms with Gasteiger partial charge in [0.2, 0.25) is 11.8 Å². The molecule has 0 radical (unpaired) electrons. The van der Waals surface area contributed by atoms with E-state index in [1.807, 2.05) is 13.8 Å². The van der Waals surface area contributed by atoms with Gasteiger partial charge in [-0.05, 0) is 70.5 Å². The zero-order valence-electron chi connectivity index (χ0n) is 18.2. The highest BCUT2D eigenvalue weighted by atomic mass is 16.5. The Morgan fingerprint density at radius 1 is 1.13 bits per heavy atom. The Balaban J connectivity index is 1.65. The Hall–Kier alpha value is -2.45. The summed E-state index contributed by atoms with van der Waals surface area (Å²) in [6.07, 6.45) is 2.53. The largest absolute Gasteiger partial charge is 0.379 e. The van der Waals surface area contributed by atoms with Crippen molar-refractivity contribution >= 4 is 23.4 Å². The number of carbonyl (C=O) groups is 3. The molecule has 1 aromatic carbocycles. The molecule has 1 aliphatic heterocycles. The van der Waals surface area contributed by atoms with Crippen molar-refractivity contribution in [3.8, 4) is 0 Å². The number of likely N-dealkylation sites (tertiary alicyclic amines) is 1. The van der Waals surface area contributed by atoms with E-state index in [0.717, 1.165) is 32.4 Å². The van der Waals surface area contributed by atoms with Gasteiger partial charge in [0.15, 0.2) is 0 Å². The number of hydrogen-bond acceptors (Lipinski definition) is 5. The van der Waals surface area contributed by atoms with E-state index in [4.69, 9.17) is 4.74 Å². The summed E-state index contributed by atoms with van der Waals surface area (Å²) in [7, 11) is 1.58. The Kier molecular flexibility index (Phi) is 9.76. The molecule has 3 amide bonds. The van der Waals surface area contributed by atoms with E-state index in [1.54, 1.807) is 31.3 Å². The van der Waals surface area contributed by atoms with E-state index in [9.17, 15) is 14.4 Å². The predicted molar refractivity (Wildman–Crippen MR) is 116 cm³/mol. The highest BCUT2D eigenvalue weighted by molar-refractivity contribution is 5.96. The minimum Gasteiger partial charge on any atom is -0.379 e. The van der Waals surface area contributed by atoms with Crippen LogP contribution in [0.2, 0.25) is 0 Å². The number of piperidine rings is 1. The summed E-state index contributed by atoms with van der Waals surface area (Å²) < 4.78 is 5.47. The number of nitrogens with zero attached hydrogens (tertiary/aromatic N) is 1. The third-order valence-corrected chi connectivity index (χ3v) is 5.06. The number of ether oxygens (including phenoxy) is 1. The number of anilines is 1. The molecular formula is C22H34N4O4. The summed E-state index contributed by atoms with van der Waals surface area (Å²) in [5, 5.41) is 8.40. The zero-order chi connectivity index (χ0) is 21.9. The van der Waals surface area contributed by atoms with Gasteiger partial charge in [-0.15, -0.1) is 0 Å². The van der Waals surface area contributed by atoms with Crippen molar-refractivity contribution in [2.24, 2.45) is 5.92 Å². The fraction of sp³-hybridized carbons (Fsp3) is 0.591. The SMILES string of the molecule is CNC(=O)c1ccc(NC(=O)CN2CCC(C(=O)NCCCOC(C)C)CC2)cc1. The van der Waals surface area contributed by atoms with Crippen LogP contribution in [0.4, 0.5) is 5.69 Å². The van der Waals surface area contributed by atoms with Gasteiger partial charge in [-0.2, -0.15) is 0 Å². The predicted octanol–water partition coefficient (Wildman–Crippen LogP) is 1.63. The van der Waals surface area contributed by atoms with E-state index in [-0.39, 0.29) is 36.3 Å². The van der Waals surface area contributed by atoms with Crippen LogP contribution in [0.15, 0.2) is 24.3 Å². The van der Waals surface area contributed by atoms with Gasteiger partial charge in [0, 0.05) is 37.4 Å². The average molecular weight is 419 g/mol. The minimum absolute atomic E-state index is 0.00702. The van der Waals surface area contributed by atoms with Crippen LogP contribution in [0.1, 0.15) is 43.5 Å². The molecule has 0 unspecified atom stereocenters. The summed E-state index contributed by atoms with van der Waals surface area (Å²) >= 11 is 0. The van der Waals surface area contributed by atoms with Crippen molar-refractivity contribution < 1.29 is 19.1 Å². The first-order chi connectivity index (χ1) is 14.4. The molecule has 1 aliphatic rings. The van der Waals surface area contributed by atoms with E-state index >= 15 is 0 Å². The standard InChI is InChI=1S/C22H34N4O4/c1-16(2)30-14-4-11-24-22(29)18-9-12-26(13-10-18)15-20(27)25-19-7-5-17(6-8-19)21(28)23-3/h5-8,16,18H,4,9-15H2,1-3H3,(H,23,28)(H,24,29)(H,25,27). The summed E-state index contributed by atoms with van der Waals surface area (Å²) in [6, 6.07) is 6.78. The molecule has 8 heteroatoms. The van der Waals surface area contributed by atoms with Crippen molar-refractivity contribution in [2.45, 2.75) is 39.2 Å². The molecule has 0 bridgehead atoms. The maximum Gasteiger partial charge on any atom is 0.251 e. The number of amides is 3. The molecule has 8 nitrogen and oxygen atoms in total. The fourth-order valence-electron chi connectivity index (χ4n) is 3.35. The molecule has 166 valence electrons. The van der Waals surface area contributed by atoms with Gasteiger partial charge in [0.05, 0.1) is 12.6 Å². The third-order valence-electron chi connectivity index (χ3n) is 5.06. The highest BCUT2D eigenvalue weighted by Gasteiger charge is 2.25. The number of nitrogens with one attached hydrogen (secondary N) is 3. The van der Waals surface area contributed by atoms with Crippen LogP contribution in [0.3, 0.4) is 0 Å². The first-order valence-corrected chi connectivity index (χ1v) is 10.6. The molecule has 1 fully saturated rings. The number of benzene rings is 1. The van der Waals surface area contributed by atoms with Crippen molar-refractivity contribution in [3.05, 3.63) is 29.8 Å². The maximum atomic E-state index is 12.3. The lowest BCUT2D eigenvalue weighted by molar-refractivity contribution is -0.126. The number of hydrogen-bond donors (Lipinski definition) is 3. The van der Waals surface area contributed by atoms with Gasteiger partial charge >= 0.3 is 0 Å². The van der Waals surface area contributed by atoms with Crippen LogP contribution in [0.5, 0.6) is 0 Å². The molecule has 0 saturated carbocycles. The second kappa shape index (κ2) is 12.3. The zero-order valence-corrected chi connectivity index (χ0v) is 18.2. The summed E-state index contributed by atoms with van der Waals surface area (Å²) in [6.45, 7) is 7.01. The monoisotopic (exact) mass is 418 g/mol. The lowest BCUT2D eigenvalue weighted by Gasteiger charge is -2.30. The topological polar surface area (TPSA) is 99.8 Å². The van der Waals surface area contributed by atoms with Crippen molar-refractivity contribution in [3.63, 3.8) is 0 Å². The van der Waals surface area contributed by atoms with Crippen molar-refractivity contribution in [2.75, 3.05) is 45.2 Å². The first kappa shape index (κ1) is 23.8. The Morgan fingerprint density at radius 3 is 2.40 bits per heavy atom. The van der Waals surface area contributed by atoms with Crippen LogP contribution < -0.4 is 16.0 Å². The number of rotatable bonds is 10. The van der Waals surface area contributed by atoms with Gasteiger partial charge in [0.25, 0.3) is 5.91 Å². The lowest BCUT2D eigenvalue weighted by atomic mass is 9.96. The van der Waals surface area contributed by atoms with Crippen LogP contribution in [-0.4, -0.2) is 68.6 Å². The van der Waals surface area contributed by atoms with Gasteiger partial charge in [-0.3, -0.25) is 19.3 Å². The summed E-state index contributed by atoms with van der Waals surface area (Å²) in [5.74, 6) is -0.160. The molecule has 1 heterocycles. The molecule has 1 aromatic rings. The van der Waals surface area contributed by atoms with Gasteiger partial charge in [-0.1, -0.05) is 0 Å². The minimum atomic E-state index is -0.163. The van der Waals surface area contributed by atoms with Crippen LogP contribution in [0.25, 0.3) is 0 Å². The van der Waals surface area contributed by atoms with Gasteiger partial charge in [-0.25, -0.2) is 0 Å². The fourth-order valence-corrected chi connectivity index (χ4v) is 3.35. The first-order valence-electron chi connectivity index (χ1n) is 10.6. The summed E-state index contributed by atoms with van der Waals surface area (Å²) in [5.41, 5.74) is 1.20. The molecular weight excluding hydrogens is 384 g/mol. The molecule has 30 heavy (non-hydrogen) atoms. The van der Waals surface area contributed by atoms with Gasteiger partial charge < -0.3 is 20.7 Å². The van der Waals surface area contributed by atoms with Crippen LogP contribution in [0, 0.1) is 5.92 Å². The Labute approximate surface area is 178 Å². The molecule has 3 N–H and O–H groups in total. The maximum absolute atomic E-state index is 12.3. The molecule has 0 aliphatic carbocycles. The normalized spacial score (nSPS) is 15.1. The molecule has 0 spiro atoms. The smallest absolute Gasteiger partial charge is 0.251 e. The average Bonchev–Trinajstić information content (AvgIpc) is 2.73. The van der Waals surface area contributed by atoms with Gasteiger partial charge in [0.1, 0.15) is 0 Å². The molecule has 0 atom stereocenters. The molecule has 0 aromatic heterocycles. The van der Waals surface area contributed by atoms with Crippen molar-refractivity contribution in [1.82, 2.24) is 15.5 Å². The second-order valence-electron chi connectivity index (χ2n) is 7.82.